The van der Waals surface area contributed by atoms with Crippen molar-refractivity contribution in [2.75, 3.05) is 0 Å². The number of nitrogens with zero attached hydrogens (tertiary/aromatic N) is 3. The van der Waals surface area contributed by atoms with Gasteiger partial charge in [-0.2, -0.15) is 0 Å². The quantitative estimate of drug-likeness (QED) is 0.900. The van der Waals surface area contributed by atoms with E-state index in [1.807, 2.05) is 6.92 Å². The van der Waals surface area contributed by atoms with Gasteiger partial charge >= 0.3 is 0 Å². The van der Waals surface area contributed by atoms with Crippen LogP contribution in [0.2, 0.25) is 0 Å². The zero-order chi connectivity index (χ0) is 13.9. The SMILES string of the molecule is CCCn1nncc1C(C)(O)Cc1cccc(F)c1. The highest BCUT2D eigenvalue weighted by atomic mass is 19.1. The molecule has 5 heteroatoms. The second-order valence-electron chi connectivity index (χ2n) is 4.92. The monoisotopic (exact) mass is 263 g/mol. The second-order valence-corrected chi connectivity index (χ2v) is 4.92. The van der Waals surface area contributed by atoms with Crippen LogP contribution in [0.1, 0.15) is 31.5 Å². The minimum atomic E-state index is -1.12. The van der Waals surface area contributed by atoms with Gasteiger partial charge in [-0.3, -0.25) is 0 Å². The molecule has 0 spiro atoms. The van der Waals surface area contributed by atoms with Crippen LogP contribution in [0.3, 0.4) is 0 Å². The average Bonchev–Trinajstić information content (AvgIpc) is 2.78. The molecule has 1 aromatic heterocycles. The van der Waals surface area contributed by atoms with Gasteiger partial charge in [0.1, 0.15) is 11.4 Å². The van der Waals surface area contributed by atoms with Crippen LogP contribution in [0.5, 0.6) is 0 Å². The molecule has 1 heterocycles. The Labute approximate surface area is 111 Å². The number of hydrogen-bond acceptors (Lipinski definition) is 3. The first kappa shape index (κ1) is 13.7. The summed E-state index contributed by atoms with van der Waals surface area (Å²) in [6.07, 6.45) is 2.79. The summed E-state index contributed by atoms with van der Waals surface area (Å²) < 4.78 is 14.9. The Kier molecular flexibility index (Phi) is 3.95. The molecule has 1 unspecified atom stereocenters. The van der Waals surface area contributed by atoms with Gasteiger partial charge in [-0.25, -0.2) is 9.07 Å². The van der Waals surface area contributed by atoms with E-state index in [2.05, 4.69) is 10.3 Å². The Hall–Kier alpha value is -1.75. The smallest absolute Gasteiger partial charge is 0.123 e. The van der Waals surface area contributed by atoms with Gasteiger partial charge in [-0.05, 0) is 31.0 Å². The Morgan fingerprint density at radius 3 is 2.89 bits per heavy atom. The van der Waals surface area contributed by atoms with Gasteiger partial charge in [0.05, 0.1) is 11.9 Å². The molecule has 0 amide bonds. The molecule has 0 aliphatic rings. The number of aryl methyl sites for hydroxylation is 1. The highest BCUT2D eigenvalue weighted by molar-refractivity contribution is 5.21. The Balaban J connectivity index is 2.24. The number of halogens is 1. The van der Waals surface area contributed by atoms with Crippen LogP contribution in [0.4, 0.5) is 4.39 Å². The molecule has 4 nitrogen and oxygen atoms in total. The lowest BCUT2D eigenvalue weighted by molar-refractivity contribution is 0.0477. The van der Waals surface area contributed by atoms with Crippen molar-refractivity contribution >= 4 is 0 Å². The lowest BCUT2D eigenvalue weighted by atomic mass is 9.93. The maximum absolute atomic E-state index is 13.2. The minimum Gasteiger partial charge on any atom is -0.383 e. The normalized spacial score (nSPS) is 14.3. The third kappa shape index (κ3) is 3.17. The van der Waals surface area contributed by atoms with Gasteiger partial charge in [0.15, 0.2) is 0 Å². The molecule has 0 saturated heterocycles. The lowest BCUT2D eigenvalue weighted by Crippen LogP contribution is -2.28. The van der Waals surface area contributed by atoms with E-state index in [1.165, 1.54) is 12.1 Å². The zero-order valence-corrected chi connectivity index (χ0v) is 11.2. The second kappa shape index (κ2) is 5.48. The summed E-state index contributed by atoms with van der Waals surface area (Å²) in [6, 6.07) is 6.26. The summed E-state index contributed by atoms with van der Waals surface area (Å²) in [7, 11) is 0. The first-order chi connectivity index (χ1) is 9.03. The molecular formula is C14H18FN3O. The molecule has 2 aromatic rings. The van der Waals surface area contributed by atoms with E-state index >= 15 is 0 Å². The molecule has 0 aliphatic carbocycles. The summed E-state index contributed by atoms with van der Waals surface area (Å²) >= 11 is 0. The van der Waals surface area contributed by atoms with Crippen LogP contribution >= 0.6 is 0 Å². The molecule has 0 aliphatic heterocycles. The van der Waals surface area contributed by atoms with Crippen molar-refractivity contribution in [3.8, 4) is 0 Å². The average molecular weight is 263 g/mol. The van der Waals surface area contributed by atoms with Crippen molar-refractivity contribution in [3.05, 3.63) is 47.5 Å². The lowest BCUT2D eigenvalue weighted by Gasteiger charge is -2.23. The number of hydrogen-bond donors (Lipinski definition) is 1. The molecule has 0 radical (unpaired) electrons. The zero-order valence-electron chi connectivity index (χ0n) is 11.2. The van der Waals surface area contributed by atoms with Crippen LogP contribution in [-0.4, -0.2) is 20.1 Å². The molecule has 1 N–H and O–H groups in total. The highest BCUT2D eigenvalue weighted by Gasteiger charge is 2.28. The summed E-state index contributed by atoms with van der Waals surface area (Å²) in [6.45, 7) is 4.43. The van der Waals surface area contributed by atoms with Crippen LogP contribution in [0.15, 0.2) is 30.5 Å². The van der Waals surface area contributed by atoms with E-state index in [1.54, 1.807) is 29.9 Å². The number of benzene rings is 1. The largest absolute Gasteiger partial charge is 0.383 e. The van der Waals surface area contributed by atoms with E-state index in [-0.39, 0.29) is 5.82 Å². The van der Waals surface area contributed by atoms with Crippen LogP contribution < -0.4 is 0 Å². The fourth-order valence-corrected chi connectivity index (χ4v) is 2.19. The van der Waals surface area contributed by atoms with Crippen LogP contribution in [0, 0.1) is 5.82 Å². The number of rotatable bonds is 5. The van der Waals surface area contributed by atoms with Gasteiger partial charge < -0.3 is 5.11 Å². The van der Waals surface area contributed by atoms with Crippen molar-refractivity contribution in [2.24, 2.45) is 0 Å². The van der Waals surface area contributed by atoms with E-state index in [9.17, 15) is 9.50 Å². The third-order valence-electron chi connectivity index (χ3n) is 3.04. The Morgan fingerprint density at radius 1 is 1.42 bits per heavy atom. The van der Waals surface area contributed by atoms with E-state index in [0.717, 1.165) is 12.0 Å². The molecule has 0 fully saturated rings. The Bertz CT molecular complexity index is 551. The van der Waals surface area contributed by atoms with Crippen molar-refractivity contribution in [2.45, 2.75) is 38.8 Å². The number of aliphatic hydroxyl groups is 1. The molecule has 102 valence electrons. The highest BCUT2D eigenvalue weighted by Crippen LogP contribution is 2.25. The van der Waals surface area contributed by atoms with Gasteiger partial charge in [-0.1, -0.05) is 24.3 Å². The summed E-state index contributed by atoms with van der Waals surface area (Å²) in [5, 5.41) is 18.4. The molecule has 0 bridgehead atoms. The van der Waals surface area contributed by atoms with Gasteiger partial charge in [-0.15, -0.1) is 5.10 Å². The molecular weight excluding hydrogens is 245 g/mol. The van der Waals surface area contributed by atoms with E-state index in [4.69, 9.17) is 0 Å². The Morgan fingerprint density at radius 2 is 2.21 bits per heavy atom. The van der Waals surface area contributed by atoms with Crippen molar-refractivity contribution < 1.29 is 9.50 Å². The molecule has 1 aromatic carbocycles. The molecule has 1 atom stereocenters. The van der Waals surface area contributed by atoms with Crippen LogP contribution in [-0.2, 0) is 18.6 Å². The summed E-state index contributed by atoms with van der Waals surface area (Å²) in [4.78, 5) is 0. The van der Waals surface area contributed by atoms with Gasteiger partial charge in [0.25, 0.3) is 0 Å². The number of aromatic nitrogens is 3. The molecule has 2 rings (SSSR count). The fraction of sp³-hybridized carbons (Fsp3) is 0.429. The minimum absolute atomic E-state index is 0.298. The standard InChI is InChI=1S/C14H18FN3O/c1-3-7-18-13(10-16-17-18)14(2,19)9-11-5-4-6-12(15)8-11/h4-6,8,10,19H,3,7,9H2,1-2H3. The van der Waals surface area contributed by atoms with Crippen molar-refractivity contribution in [1.29, 1.82) is 0 Å². The first-order valence-electron chi connectivity index (χ1n) is 6.38. The van der Waals surface area contributed by atoms with Crippen molar-refractivity contribution in [1.82, 2.24) is 15.0 Å². The molecule has 0 saturated carbocycles. The van der Waals surface area contributed by atoms with Crippen LogP contribution in [0.25, 0.3) is 0 Å². The topological polar surface area (TPSA) is 50.9 Å². The fourth-order valence-electron chi connectivity index (χ4n) is 2.19. The molecule has 19 heavy (non-hydrogen) atoms. The van der Waals surface area contributed by atoms with E-state index < -0.39 is 5.60 Å². The van der Waals surface area contributed by atoms with E-state index in [0.29, 0.717) is 18.7 Å². The predicted octanol–water partition coefficient (Wildman–Crippen LogP) is 2.28. The maximum atomic E-state index is 13.2. The van der Waals surface area contributed by atoms with Crippen molar-refractivity contribution in [3.63, 3.8) is 0 Å². The summed E-state index contributed by atoms with van der Waals surface area (Å²) in [5.41, 5.74) is 0.278. The maximum Gasteiger partial charge on any atom is 0.123 e. The predicted molar refractivity (Wildman–Crippen MR) is 70.0 cm³/mol. The first-order valence-corrected chi connectivity index (χ1v) is 6.38. The third-order valence-corrected chi connectivity index (χ3v) is 3.04. The summed E-state index contributed by atoms with van der Waals surface area (Å²) in [5.74, 6) is -0.298. The van der Waals surface area contributed by atoms with Gasteiger partial charge in [0.2, 0.25) is 0 Å². The van der Waals surface area contributed by atoms with Gasteiger partial charge in [0, 0.05) is 13.0 Å².